The van der Waals surface area contributed by atoms with Gasteiger partial charge in [-0.2, -0.15) is 13.2 Å². The van der Waals surface area contributed by atoms with Crippen molar-refractivity contribution < 1.29 is 27.6 Å². The van der Waals surface area contributed by atoms with E-state index in [0.29, 0.717) is 57.6 Å². The molecule has 260 valence electrons. The summed E-state index contributed by atoms with van der Waals surface area (Å²) in [6.07, 6.45) is 1.03. The van der Waals surface area contributed by atoms with Crippen LogP contribution in [-0.2, 0) is 28.6 Å². The number of nitrogens with one attached hydrogen (secondary N) is 1. The van der Waals surface area contributed by atoms with Gasteiger partial charge in [0.25, 0.3) is 0 Å². The van der Waals surface area contributed by atoms with Crippen LogP contribution in [0.15, 0.2) is 36.4 Å². The number of carbonyl (C=O) groups excluding carboxylic acids is 3. The molecule has 2 aromatic rings. The number of nitrogens with zero attached hydrogens (tertiary/aromatic N) is 4. The lowest BCUT2D eigenvalue weighted by Crippen LogP contribution is -2.51. The number of urea groups is 1. The zero-order chi connectivity index (χ0) is 34.2. The highest BCUT2D eigenvalue weighted by atomic mass is 35.5. The third kappa shape index (κ3) is 7.70. The average Bonchev–Trinajstić information content (AvgIpc) is 3.93. The van der Waals surface area contributed by atoms with Crippen molar-refractivity contribution >= 4 is 40.8 Å². The van der Waals surface area contributed by atoms with E-state index in [1.807, 2.05) is 29.2 Å². The lowest BCUT2D eigenvalue weighted by molar-refractivity contribution is -0.143. The van der Waals surface area contributed by atoms with Crippen LogP contribution in [0, 0.1) is 5.92 Å². The Morgan fingerprint density at radius 2 is 1.62 bits per heavy atom. The largest absolute Gasteiger partial charge is 0.418 e. The van der Waals surface area contributed by atoms with Gasteiger partial charge in [-0.25, -0.2) is 4.79 Å². The first-order valence-corrected chi connectivity index (χ1v) is 17.4. The van der Waals surface area contributed by atoms with E-state index in [9.17, 15) is 27.6 Å². The second kappa shape index (κ2) is 14.2. The summed E-state index contributed by atoms with van der Waals surface area (Å²) < 4.78 is 41.4. The molecule has 0 spiro atoms. The van der Waals surface area contributed by atoms with Gasteiger partial charge in [0.2, 0.25) is 11.8 Å². The number of likely N-dealkylation sites (tertiary alicyclic amines) is 2. The van der Waals surface area contributed by atoms with Crippen LogP contribution in [0.4, 0.5) is 29.3 Å². The minimum Gasteiger partial charge on any atom is -0.397 e. The first kappa shape index (κ1) is 34.4. The molecule has 3 heterocycles. The molecule has 9 nitrogen and oxygen atoms in total. The normalized spacial score (nSPS) is 20.4. The number of piperidine rings is 2. The molecule has 48 heavy (non-hydrogen) atoms. The van der Waals surface area contributed by atoms with Gasteiger partial charge >= 0.3 is 12.2 Å². The van der Waals surface area contributed by atoms with Crippen LogP contribution < -0.4 is 11.1 Å². The number of benzene rings is 2. The van der Waals surface area contributed by atoms with Gasteiger partial charge in [-0.3, -0.25) is 9.59 Å². The standard InChI is InChI=1S/C35H44ClF3N6O3/c1-42(25-6-7-25)26-9-15-44(16-10-26)33(47)24(18-22-19-28(35(37,38)39)32(40)29(36)20-22)21-31(46)43-13-11-27(12-14-43)45-17-8-23-4-2-3-5-30(23)41-34(45)48/h2-5,19-20,24-27H,6-18,21,40H2,1H3,(H,41,48). The van der Waals surface area contributed by atoms with Gasteiger partial charge in [0, 0.05) is 63.0 Å². The lowest BCUT2D eigenvalue weighted by atomic mass is 9.91. The molecule has 4 amide bonds. The van der Waals surface area contributed by atoms with Gasteiger partial charge in [-0.1, -0.05) is 29.8 Å². The van der Waals surface area contributed by atoms with E-state index in [4.69, 9.17) is 17.3 Å². The number of halogens is 4. The summed E-state index contributed by atoms with van der Waals surface area (Å²) in [5, 5.41) is 2.78. The number of nitrogens with two attached hydrogens (primary N) is 1. The molecule has 4 aliphatic rings. The van der Waals surface area contributed by atoms with Crippen LogP contribution in [0.25, 0.3) is 0 Å². The topological polar surface area (TPSA) is 102 Å². The van der Waals surface area contributed by atoms with Crippen LogP contribution in [0.3, 0.4) is 0 Å². The van der Waals surface area contributed by atoms with Crippen molar-refractivity contribution in [1.82, 2.24) is 19.6 Å². The van der Waals surface area contributed by atoms with Gasteiger partial charge in [0.05, 0.1) is 22.2 Å². The molecule has 0 bridgehead atoms. The zero-order valence-electron chi connectivity index (χ0n) is 27.3. The van der Waals surface area contributed by atoms with E-state index in [0.717, 1.165) is 36.6 Å². The van der Waals surface area contributed by atoms with Gasteiger partial charge in [0.15, 0.2) is 0 Å². The molecule has 3 N–H and O–H groups in total. The summed E-state index contributed by atoms with van der Waals surface area (Å²) in [7, 11) is 2.13. The molecular formula is C35H44ClF3N6O3. The van der Waals surface area contributed by atoms with Gasteiger partial charge in [0.1, 0.15) is 0 Å². The van der Waals surface area contributed by atoms with Gasteiger partial charge in [-0.05, 0) is 87.7 Å². The SMILES string of the molecule is CN(C1CC1)C1CCN(C(=O)C(CC(=O)N2CCC(N3CCc4ccccc4NC3=O)CC2)Cc2cc(Cl)c(N)c(C(F)(F)F)c2)CC1. The molecule has 1 saturated carbocycles. The quantitative estimate of drug-likeness (QED) is 0.349. The predicted octanol–water partition coefficient (Wildman–Crippen LogP) is 5.66. The molecular weight excluding hydrogens is 645 g/mol. The van der Waals surface area contributed by atoms with Crippen molar-refractivity contribution in [2.45, 2.75) is 82.1 Å². The molecule has 3 fully saturated rings. The number of anilines is 2. The number of alkyl halides is 3. The Morgan fingerprint density at radius 1 is 0.979 bits per heavy atom. The number of hydrogen-bond acceptors (Lipinski definition) is 5. The Kier molecular flexibility index (Phi) is 10.1. The van der Waals surface area contributed by atoms with Gasteiger partial charge < -0.3 is 30.7 Å². The number of carbonyl (C=O) groups is 3. The van der Waals surface area contributed by atoms with Crippen molar-refractivity contribution in [3.05, 3.63) is 58.1 Å². The van der Waals surface area contributed by atoms with E-state index in [1.54, 1.807) is 9.80 Å². The highest BCUT2D eigenvalue weighted by Gasteiger charge is 2.38. The summed E-state index contributed by atoms with van der Waals surface area (Å²) in [5.41, 5.74) is 6.18. The fourth-order valence-electron chi connectivity index (χ4n) is 7.59. The van der Waals surface area contributed by atoms with Gasteiger partial charge in [-0.15, -0.1) is 0 Å². The Labute approximate surface area is 284 Å². The highest BCUT2D eigenvalue weighted by molar-refractivity contribution is 6.33. The minimum atomic E-state index is -4.72. The third-order valence-corrected chi connectivity index (χ3v) is 10.9. The number of fused-ring (bicyclic) bond motifs is 1. The third-order valence-electron chi connectivity index (χ3n) is 10.6. The predicted molar refractivity (Wildman–Crippen MR) is 179 cm³/mol. The maximum Gasteiger partial charge on any atom is 0.418 e. The molecule has 0 aromatic heterocycles. The van der Waals surface area contributed by atoms with E-state index >= 15 is 0 Å². The second-order valence-corrected chi connectivity index (χ2v) is 14.1. The maximum atomic E-state index is 14.0. The summed E-state index contributed by atoms with van der Waals surface area (Å²) in [6.45, 7) is 2.50. The Morgan fingerprint density at radius 3 is 2.29 bits per heavy atom. The smallest absolute Gasteiger partial charge is 0.397 e. The zero-order valence-corrected chi connectivity index (χ0v) is 28.0. The molecule has 2 saturated heterocycles. The number of nitrogen functional groups attached to an aromatic ring is 1. The van der Waals surface area contributed by atoms with Crippen LogP contribution >= 0.6 is 11.6 Å². The molecule has 6 rings (SSSR count). The number of amides is 4. The fraction of sp³-hybridized carbons (Fsp3) is 0.571. The number of rotatable bonds is 8. The molecule has 13 heteroatoms. The minimum absolute atomic E-state index is 0.0337. The highest BCUT2D eigenvalue weighted by Crippen LogP contribution is 2.39. The summed E-state index contributed by atoms with van der Waals surface area (Å²) in [5.74, 6) is -1.31. The molecule has 1 unspecified atom stereocenters. The summed E-state index contributed by atoms with van der Waals surface area (Å²) in [6, 6.07) is 10.9. The molecule has 2 aromatic carbocycles. The maximum absolute atomic E-state index is 14.0. The first-order chi connectivity index (χ1) is 22.9. The average molecular weight is 689 g/mol. The van der Waals surface area contributed by atoms with Crippen molar-refractivity contribution in [3.63, 3.8) is 0 Å². The van der Waals surface area contributed by atoms with E-state index in [2.05, 4.69) is 17.3 Å². The van der Waals surface area contributed by atoms with Crippen molar-refractivity contribution in [2.24, 2.45) is 5.92 Å². The van der Waals surface area contributed by atoms with Crippen LogP contribution in [0.5, 0.6) is 0 Å². The fourth-order valence-corrected chi connectivity index (χ4v) is 7.84. The monoisotopic (exact) mass is 688 g/mol. The Bertz CT molecular complexity index is 1520. The first-order valence-electron chi connectivity index (χ1n) is 17.0. The molecule has 1 atom stereocenters. The second-order valence-electron chi connectivity index (χ2n) is 13.7. The number of para-hydroxylation sites is 1. The Balaban J connectivity index is 1.12. The summed E-state index contributed by atoms with van der Waals surface area (Å²) >= 11 is 6.13. The number of hydrogen-bond donors (Lipinski definition) is 2. The lowest BCUT2D eigenvalue weighted by Gasteiger charge is -2.39. The van der Waals surface area contributed by atoms with Crippen molar-refractivity contribution in [2.75, 3.05) is 50.8 Å². The van der Waals surface area contributed by atoms with E-state index < -0.39 is 23.3 Å². The van der Waals surface area contributed by atoms with E-state index in [1.165, 1.54) is 18.9 Å². The Hall–Kier alpha value is -3.51. The molecule has 1 aliphatic carbocycles. The van der Waals surface area contributed by atoms with E-state index in [-0.39, 0.29) is 47.3 Å². The molecule has 3 aliphatic heterocycles. The van der Waals surface area contributed by atoms with Crippen LogP contribution in [0.1, 0.15) is 61.6 Å². The van der Waals surface area contributed by atoms with Crippen LogP contribution in [0.2, 0.25) is 5.02 Å². The van der Waals surface area contributed by atoms with Crippen molar-refractivity contribution in [1.29, 1.82) is 0 Å². The summed E-state index contributed by atoms with van der Waals surface area (Å²) in [4.78, 5) is 48.5. The van der Waals surface area contributed by atoms with Crippen LogP contribution in [-0.4, -0.2) is 95.3 Å². The van der Waals surface area contributed by atoms with Crippen molar-refractivity contribution in [3.8, 4) is 0 Å². The molecule has 0 radical (unpaired) electrons.